The van der Waals surface area contributed by atoms with Gasteiger partial charge in [0.15, 0.2) is 5.82 Å². The van der Waals surface area contributed by atoms with E-state index < -0.39 is 5.82 Å². The van der Waals surface area contributed by atoms with Crippen molar-refractivity contribution in [3.8, 4) is 0 Å². The third kappa shape index (κ3) is 2.33. The van der Waals surface area contributed by atoms with Gasteiger partial charge in [0.1, 0.15) is 10.7 Å². The summed E-state index contributed by atoms with van der Waals surface area (Å²) in [6, 6.07) is 0.457. The van der Waals surface area contributed by atoms with Gasteiger partial charge in [0.25, 0.3) is 0 Å². The zero-order valence-electron chi connectivity index (χ0n) is 12.7. The SMILES string of the molecule is CN(C)C1CN(c2nc(Cl)c3c4c(c(Br)c(F)c3n2)COC4)C1. The maximum atomic E-state index is 14.7. The monoisotopic (exact) mass is 400 g/mol. The molecule has 2 aliphatic rings. The first kappa shape index (κ1) is 15.5. The second-order valence-electron chi connectivity index (χ2n) is 6.14. The van der Waals surface area contributed by atoms with E-state index in [0.717, 1.165) is 24.2 Å². The molecule has 122 valence electrons. The summed E-state index contributed by atoms with van der Waals surface area (Å²) in [5.74, 6) is 0.0738. The van der Waals surface area contributed by atoms with E-state index in [1.807, 2.05) is 19.0 Å². The van der Waals surface area contributed by atoms with Gasteiger partial charge in [0.2, 0.25) is 5.95 Å². The molecule has 0 radical (unpaired) electrons. The Kier molecular flexibility index (Phi) is 3.72. The Morgan fingerprint density at radius 3 is 2.65 bits per heavy atom. The highest BCUT2D eigenvalue weighted by Crippen LogP contribution is 2.39. The predicted molar refractivity (Wildman–Crippen MR) is 90.4 cm³/mol. The largest absolute Gasteiger partial charge is 0.372 e. The molecule has 2 aromatic rings. The van der Waals surface area contributed by atoms with Crippen molar-refractivity contribution in [1.29, 1.82) is 0 Å². The second kappa shape index (κ2) is 5.51. The van der Waals surface area contributed by atoms with Crippen LogP contribution in [0.25, 0.3) is 10.9 Å². The number of fused-ring (bicyclic) bond motifs is 3. The van der Waals surface area contributed by atoms with E-state index in [-0.39, 0.29) is 10.7 Å². The van der Waals surface area contributed by atoms with Crippen molar-refractivity contribution in [1.82, 2.24) is 14.9 Å². The van der Waals surface area contributed by atoms with Gasteiger partial charge >= 0.3 is 0 Å². The molecule has 8 heteroatoms. The van der Waals surface area contributed by atoms with E-state index in [4.69, 9.17) is 16.3 Å². The number of nitrogens with zero attached hydrogens (tertiary/aromatic N) is 4. The predicted octanol–water partition coefficient (Wildman–Crippen LogP) is 2.97. The van der Waals surface area contributed by atoms with Crippen LogP contribution >= 0.6 is 27.5 Å². The average Bonchev–Trinajstić information content (AvgIpc) is 2.91. The molecule has 3 heterocycles. The van der Waals surface area contributed by atoms with Gasteiger partial charge in [0.05, 0.1) is 17.7 Å². The van der Waals surface area contributed by atoms with E-state index >= 15 is 0 Å². The lowest BCUT2D eigenvalue weighted by Crippen LogP contribution is -2.58. The zero-order valence-corrected chi connectivity index (χ0v) is 15.1. The molecule has 0 spiro atoms. The van der Waals surface area contributed by atoms with Gasteiger partial charge in [-0.3, -0.25) is 0 Å². The van der Waals surface area contributed by atoms with Crippen molar-refractivity contribution in [3.63, 3.8) is 0 Å². The van der Waals surface area contributed by atoms with Crippen LogP contribution in [0.4, 0.5) is 10.3 Å². The molecule has 0 amide bonds. The molecule has 1 aromatic heterocycles. The Morgan fingerprint density at radius 2 is 1.96 bits per heavy atom. The summed E-state index contributed by atoms with van der Waals surface area (Å²) >= 11 is 9.69. The Hall–Kier alpha value is -1.02. The van der Waals surface area contributed by atoms with Gasteiger partial charge < -0.3 is 14.5 Å². The summed E-state index contributed by atoms with van der Waals surface area (Å²) in [5, 5.41) is 0.847. The smallest absolute Gasteiger partial charge is 0.227 e. The highest BCUT2D eigenvalue weighted by Gasteiger charge is 2.32. The molecule has 2 aliphatic heterocycles. The highest BCUT2D eigenvalue weighted by molar-refractivity contribution is 9.10. The molecular weight excluding hydrogens is 387 g/mol. The lowest BCUT2D eigenvalue weighted by atomic mass is 10.0. The first-order valence-corrected chi connectivity index (χ1v) is 8.49. The van der Waals surface area contributed by atoms with Crippen LogP contribution in [-0.2, 0) is 18.0 Å². The minimum Gasteiger partial charge on any atom is -0.372 e. The van der Waals surface area contributed by atoms with Crippen LogP contribution in [0.2, 0.25) is 5.15 Å². The van der Waals surface area contributed by atoms with Crippen molar-refractivity contribution < 1.29 is 9.13 Å². The lowest BCUT2D eigenvalue weighted by Gasteiger charge is -2.42. The topological polar surface area (TPSA) is 41.5 Å². The quantitative estimate of drug-likeness (QED) is 0.724. The minimum absolute atomic E-state index is 0.254. The Balaban J connectivity index is 1.83. The fourth-order valence-corrected chi connectivity index (χ4v) is 3.84. The minimum atomic E-state index is -0.403. The molecule has 0 saturated carbocycles. The van der Waals surface area contributed by atoms with E-state index in [1.165, 1.54) is 0 Å². The number of hydrogen-bond acceptors (Lipinski definition) is 5. The Bertz CT molecular complexity index is 810. The summed E-state index contributed by atoms with van der Waals surface area (Å²) in [6.07, 6.45) is 0. The summed E-state index contributed by atoms with van der Waals surface area (Å²) in [4.78, 5) is 13.0. The summed E-state index contributed by atoms with van der Waals surface area (Å²) in [5.41, 5.74) is 1.92. The number of aromatic nitrogens is 2. The van der Waals surface area contributed by atoms with Crippen molar-refractivity contribution in [2.75, 3.05) is 32.1 Å². The van der Waals surface area contributed by atoms with Crippen molar-refractivity contribution in [3.05, 3.63) is 26.6 Å². The number of anilines is 1. The average molecular weight is 402 g/mol. The summed E-state index contributed by atoms with van der Waals surface area (Å²) < 4.78 is 20.6. The van der Waals surface area contributed by atoms with Crippen LogP contribution in [0.3, 0.4) is 0 Å². The van der Waals surface area contributed by atoms with E-state index in [1.54, 1.807) is 0 Å². The normalized spacial score (nSPS) is 17.9. The number of benzene rings is 1. The standard InChI is InChI=1S/C15H15BrClFN4O/c1-21(2)7-3-22(4-7)15-19-13-10(14(17)20-15)8-5-23-6-9(8)11(16)12(13)18/h7H,3-6H2,1-2H3. The zero-order chi connectivity index (χ0) is 16.3. The number of hydrogen-bond donors (Lipinski definition) is 0. The second-order valence-corrected chi connectivity index (χ2v) is 7.29. The van der Waals surface area contributed by atoms with Gasteiger partial charge in [0, 0.05) is 30.1 Å². The van der Waals surface area contributed by atoms with Gasteiger partial charge in [-0.2, -0.15) is 0 Å². The third-order valence-corrected chi connectivity index (χ3v) is 5.65. The molecule has 0 atom stereocenters. The van der Waals surface area contributed by atoms with Gasteiger partial charge in [-0.15, -0.1) is 0 Å². The number of likely N-dealkylation sites (N-methyl/N-ethyl adjacent to an activating group) is 1. The van der Waals surface area contributed by atoms with Crippen LogP contribution in [0.5, 0.6) is 0 Å². The molecule has 1 saturated heterocycles. The molecular formula is C15H15BrClFN4O. The van der Waals surface area contributed by atoms with Crippen molar-refractivity contribution in [2.24, 2.45) is 0 Å². The van der Waals surface area contributed by atoms with Crippen LogP contribution in [0.1, 0.15) is 11.1 Å². The van der Waals surface area contributed by atoms with Gasteiger partial charge in [-0.1, -0.05) is 11.6 Å². The van der Waals surface area contributed by atoms with Gasteiger partial charge in [-0.05, 0) is 35.6 Å². The van der Waals surface area contributed by atoms with Crippen LogP contribution < -0.4 is 4.90 Å². The van der Waals surface area contributed by atoms with Crippen LogP contribution in [-0.4, -0.2) is 48.1 Å². The molecule has 1 fully saturated rings. The molecule has 23 heavy (non-hydrogen) atoms. The highest BCUT2D eigenvalue weighted by atomic mass is 79.9. The fourth-order valence-electron chi connectivity index (χ4n) is 3.02. The molecule has 5 nitrogen and oxygen atoms in total. The van der Waals surface area contributed by atoms with E-state index in [2.05, 4.69) is 30.8 Å². The van der Waals surface area contributed by atoms with Crippen LogP contribution in [0.15, 0.2) is 4.47 Å². The first-order chi connectivity index (χ1) is 11.0. The molecule has 0 aliphatic carbocycles. The molecule has 0 unspecified atom stereocenters. The maximum absolute atomic E-state index is 14.7. The number of halogens is 3. The van der Waals surface area contributed by atoms with Crippen molar-refractivity contribution >= 4 is 44.4 Å². The number of ether oxygens (including phenoxy) is 1. The Morgan fingerprint density at radius 1 is 1.26 bits per heavy atom. The fraction of sp³-hybridized carbons (Fsp3) is 0.467. The van der Waals surface area contributed by atoms with E-state index in [9.17, 15) is 4.39 Å². The number of rotatable bonds is 2. The third-order valence-electron chi connectivity index (χ3n) is 4.55. The van der Waals surface area contributed by atoms with Crippen LogP contribution in [0, 0.1) is 5.82 Å². The summed E-state index contributed by atoms with van der Waals surface area (Å²) in [7, 11) is 4.08. The lowest BCUT2D eigenvalue weighted by molar-refractivity contribution is 0.134. The molecule has 1 aromatic carbocycles. The first-order valence-electron chi connectivity index (χ1n) is 7.32. The van der Waals surface area contributed by atoms with Crippen molar-refractivity contribution in [2.45, 2.75) is 19.3 Å². The van der Waals surface area contributed by atoms with E-state index in [0.29, 0.717) is 35.1 Å². The molecule has 0 N–H and O–H groups in total. The maximum Gasteiger partial charge on any atom is 0.227 e. The molecule has 0 bridgehead atoms. The van der Waals surface area contributed by atoms with Gasteiger partial charge in [-0.25, -0.2) is 14.4 Å². The molecule has 4 rings (SSSR count). The Labute approximate surface area is 146 Å². The summed E-state index contributed by atoms with van der Waals surface area (Å²) in [6.45, 7) is 2.40.